The molecule has 0 aliphatic rings. The van der Waals surface area contributed by atoms with Gasteiger partial charge in [-0.1, -0.05) is 20.8 Å². The maximum absolute atomic E-state index is 9.12. The van der Waals surface area contributed by atoms with Crippen LogP contribution in [0.15, 0.2) is 0 Å². The Balaban J connectivity index is 4.24. The highest BCUT2D eigenvalue weighted by atomic mass is 16.3. The summed E-state index contributed by atoms with van der Waals surface area (Å²) in [5.41, 5.74) is 5.85. The highest BCUT2D eigenvalue weighted by Gasteiger charge is 2.26. The number of aliphatic hydroxyl groups is 1. The Kier molecular flexibility index (Phi) is 7.20. The number of nitrogens with one attached hydrogen (secondary N) is 1. The van der Waals surface area contributed by atoms with Crippen LogP contribution in [-0.2, 0) is 0 Å². The fourth-order valence-corrected chi connectivity index (χ4v) is 1.69. The first kappa shape index (κ1) is 15.9. The number of rotatable bonds is 8. The third kappa shape index (κ3) is 5.83. The average molecular weight is 230 g/mol. The van der Waals surface area contributed by atoms with Crippen molar-refractivity contribution in [3.8, 4) is 0 Å². The average Bonchev–Trinajstić information content (AvgIpc) is 2.25. The first-order chi connectivity index (χ1) is 7.34. The molecule has 0 fully saturated rings. The van der Waals surface area contributed by atoms with Gasteiger partial charge in [-0.3, -0.25) is 0 Å². The van der Waals surface area contributed by atoms with Gasteiger partial charge in [0, 0.05) is 24.7 Å². The van der Waals surface area contributed by atoms with Gasteiger partial charge >= 0.3 is 0 Å². The van der Waals surface area contributed by atoms with E-state index in [9.17, 15) is 0 Å². The Morgan fingerprint density at radius 2 is 1.81 bits per heavy atom. The summed E-state index contributed by atoms with van der Waals surface area (Å²) in [5, 5.41) is 12.7. The predicted molar refractivity (Wildman–Crippen MR) is 70.4 cm³/mol. The first-order valence-electron chi connectivity index (χ1n) is 6.43. The zero-order chi connectivity index (χ0) is 12.8. The Bertz CT molecular complexity index is 185. The van der Waals surface area contributed by atoms with Gasteiger partial charge in [-0.2, -0.15) is 0 Å². The van der Waals surface area contributed by atoms with E-state index in [1.165, 1.54) is 6.42 Å². The molecule has 0 aromatic rings. The molecule has 0 saturated heterocycles. The number of nitrogens with two attached hydrogens (primary N) is 1. The maximum atomic E-state index is 9.12. The summed E-state index contributed by atoms with van der Waals surface area (Å²) in [5.74, 6) is 0.975. The van der Waals surface area contributed by atoms with Crippen LogP contribution in [0.1, 0.15) is 47.5 Å². The molecule has 3 unspecified atom stereocenters. The molecule has 0 rings (SSSR count). The van der Waals surface area contributed by atoms with Crippen LogP contribution >= 0.6 is 0 Å². The SMILES string of the molecule is CC(C)CCC(C)(CN)NC(C)C(C)CO. The fourth-order valence-electron chi connectivity index (χ4n) is 1.69. The van der Waals surface area contributed by atoms with Crippen LogP contribution in [0.2, 0.25) is 0 Å². The van der Waals surface area contributed by atoms with Crippen LogP contribution in [0, 0.1) is 11.8 Å². The van der Waals surface area contributed by atoms with Crippen molar-refractivity contribution in [1.29, 1.82) is 0 Å². The molecule has 3 nitrogen and oxygen atoms in total. The van der Waals surface area contributed by atoms with Gasteiger partial charge in [-0.15, -0.1) is 0 Å². The van der Waals surface area contributed by atoms with Crippen LogP contribution in [-0.4, -0.2) is 29.8 Å². The van der Waals surface area contributed by atoms with E-state index in [1.54, 1.807) is 0 Å². The second-order valence-electron chi connectivity index (χ2n) is 5.79. The molecule has 4 N–H and O–H groups in total. The summed E-state index contributed by atoms with van der Waals surface area (Å²) in [7, 11) is 0. The molecule has 3 heteroatoms. The van der Waals surface area contributed by atoms with Crippen molar-refractivity contribution in [3.05, 3.63) is 0 Å². The highest BCUT2D eigenvalue weighted by Crippen LogP contribution is 2.17. The lowest BCUT2D eigenvalue weighted by molar-refractivity contribution is 0.179. The molecule has 0 aromatic carbocycles. The molecular weight excluding hydrogens is 200 g/mol. The van der Waals surface area contributed by atoms with E-state index in [2.05, 4.69) is 39.9 Å². The summed E-state index contributed by atoms with van der Waals surface area (Å²) >= 11 is 0. The lowest BCUT2D eigenvalue weighted by Crippen LogP contribution is -2.54. The summed E-state index contributed by atoms with van der Waals surface area (Å²) in [6.45, 7) is 11.7. The summed E-state index contributed by atoms with van der Waals surface area (Å²) in [4.78, 5) is 0. The minimum Gasteiger partial charge on any atom is -0.396 e. The highest BCUT2D eigenvalue weighted by molar-refractivity contribution is 4.88. The van der Waals surface area contributed by atoms with Crippen molar-refractivity contribution in [1.82, 2.24) is 5.32 Å². The van der Waals surface area contributed by atoms with E-state index in [1.807, 2.05) is 0 Å². The molecule has 3 atom stereocenters. The Hall–Kier alpha value is -0.120. The van der Waals surface area contributed by atoms with Crippen LogP contribution in [0.4, 0.5) is 0 Å². The van der Waals surface area contributed by atoms with Crippen LogP contribution in [0.3, 0.4) is 0 Å². The van der Waals surface area contributed by atoms with Gasteiger partial charge in [0.05, 0.1) is 0 Å². The molecule has 0 radical (unpaired) electrons. The monoisotopic (exact) mass is 230 g/mol. The van der Waals surface area contributed by atoms with Crippen LogP contribution in [0.5, 0.6) is 0 Å². The molecule has 0 spiro atoms. The van der Waals surface area contributed by atoms with Crippen molar-refractivity contribution >= 4 is 0 Å². The normalized spacial score (nSPS) is 19.5. The van der Waals surface area contributed by atoms with Gasteiger partial charge in [-0.25, -0.2) is 0 Å². The largest absolute Gasteiger partial charge is 0.396 e. The van der Waals surface area contributed by atoms with Gasteiger partial charge in [0.15, 0.2) is 0 Å². The van der Waals surface area contributed by atoms with E-state index in [-0.39, 0.29) is 18.1 Å². The molecular formula is C13H30N2O. The predicted octanol–water partition coefficient (Wildman–Crippen LogP) is 1.75. The molecule has 0 aliphatic heterocycles. The minimum atomic E-state index is -0.00683. The van der Waals surface area contributed by atoms with Gasteiger partial charge in [-0.05, 0) is 38.5 Å². The molecule has 0 heterocycles. The third-order valence-electron chi connectivity index (χ3n) is 3.44. The number of hydrogen-bond acceptors (Lipinski definition) is 3. The number of hydrogen-bond donors (Lipinski definition) is 3. The Morgan fingerprint density at radius 3 is 2.19 bits per heavy atom. The Labute approximate surface area is 101 Å². The second-order valence-corrected chi connectivity index (χ2v) is 5.79. The smallest absolute Gasteiger partial charge is 0.0471 e. The quantitative estimate of drug-likeness (QED) is 0.595. The van der Waals surface area contributed by atoms with Crippen molar-refractivity contribution < 1.29 is 5.11 Å². The van der Waals surface area contributed by atoms with Crippen molar-refractivity contribution in [3.63, 3.8) is 0 Å². The van der Waals surface area contributed by atoms with Gasteiger partial charge in [0.2, 0.25) is 0 Å². The molecule has 16 heavy (non-hydrogen) atoms. The lowest BCUT2D eigenvalue weighted by Gasteiger charge is -2.35. The van der Waals surface area contributed by atoms with Crippen molar-refractivity contribution in [2.75, 3.05) is 13.2 Å². The zero-order valence-electron chi connectivity index (χ0n) is 11.6. The number of aliphatic hydroxyl groups excluding tert-OH is 1. The Morgan fingerprint density at radius 1 is 1.25 bits per heavy atom. The zero-order valence-corrected chi connectivity index (χ0v) is 11.6. The summed E-state index contributed by atoms with van der Waals surface area (Å²) in [6.07, 6.45) is 2.27. The lowest BCUT2D eigenvalue weighted by atomic mass is 9.90. The summed E-state index contributed by atoms with van der Waals surface area (Å²) < 4.78 is 0. The van der Waals surface area contributed by atoms with Crippen molar-refractivity contribution in [2.45, 2.75) is 59.0 Å². The van der Waals surface area contributed by atoms with E-state index in [0.29, 0.717) is 18.5 Å². The van der Waals surface area contributed by atoms with Crippen molar-refractivity contribution in [2.24, 2.45) is 17.6 Å². The minimum absolute atomic E-state index is 0.00683. The molecule has 0 aromatic heterocycles. The van der Waals surface area contributed by atoms with Crippen LogP contribution < -0.4 is 11.1 Å². The molecule has 0 aliphatic carbocycles. The second kappa shape index (κ2) is 7.25. The first-order valence-corrected chi connectivity index (χ1v) is 6.43. The fraction of sp³-hybridized carbons (Fsp3) is 1.00. The van der Waals surface area contributed by atoms with Crippen LogP contribution in [0.25, 0.3) is 0 Å². The van der Waals surface area contributed by atoms with Gasteiger partial charge in [0.25, 0.3) is 0 Å². The molecule has 0 bridgehead atoms. The summed E-state index contributed by atoms with van der Waals surface area (Å²) in [6, 6.07) is 0.297. The topological polar surface area (TPSA) is 58.3 Å². The van der Waals surface area contributed by atoms with Gasteiger partial charge in [0.1, 0.15) is 0 Å². The maximum Gasteiger partial charge on any atom is 0.0471 e. The van der Waals surface area contributed by atoms with E-state index >= 15 is 0 Å². The molecule has 0 saturated carbocycles. The van der Waals surface area contributed by atoms with E-state index in [0.717, 1.165) is 6.42 Å². The standard InChI is InChI=1S/C13H30N2O/c1-10(2)6-7-13(5,9-14)15-12(4)11(3)8-16/h10-12,15-16H,6-9,14H2,1-5H3. The van der Waals surface area contributed by atoms with Gasteiger partial charge < -0.3 is 16.2 Å². The molecule has 0 amide bonds. The molecule has 98 valence electrons. The van der Waals surface area contributed by atoms with E-state index < -0.39 is 0 Å². The third-order valence-corrected chi connectivity index (χ3v) is 3.44. The van der Waals surface area contributed by atoms with E-state index in [4.69, 9.17) is 10.8 Å².